The lowest BCUT2D eigenvalue weighted by molar-refractivity contribution is 0.0944. The highest BCUT2D eigenvalue weighted by atomic mass is 79.9. The highest BCUT2D eigenvalue weighted by Gasteiger charge is 2.09. The number of aryl methyl sites for hydroxylation is 1. The number of alkyl halides is 1. The van der Waals surface area contributed by atoms with Crippen molar-refractivity contribution in [2.24, 2.45) is 0 Å². The van der Waals surface area contributed by atoms with Gasteiger partial charge in [-0.1, -0.05) is 28.0 Å². The van der Waals surface area contributed by atoms with Gasteiger partial charge in [0.05, 0.1) is 0 Å². The largest absolute Gasteiger partial charge is 0.361 e. The van der Waals surface area contributed by atoms with Crippen LogP contribution in [0.25, 0.3) is 0 Å². The van der Waals surface area contributed by atoms with Crippen LogP contribution in [0.5, 0.6) is 0 Å². The first-order valence-electron chi connectivity index (χ1n) is 4.95. The molecule has 1 aromatic rings. The summed E-state index contributed by atoms with van der Waals surface area (Å²) in [5, 5.41) is 6.42. The van der Waals surface area contributed by atoms with E-state index in [0.717, 1.165) is 12.8 Å². The quantitative estimate of drug-likeness (QED) is 0.662. The summed E-state index contributed by atoms with van der Waals surface area (Å²) in [5.41, 5.74) is 0.347. The number of halogens is 1. The summed E-state index contributed by atoms with van der Waals surface area (Å²) in [6.07, 6.45) is 1.99. The molecule has 15 heavy (non-hydrogen) atoms. The number of nitrogens with one attached hydrogen (secondary N) is 1. The Morgan fingerprint density at radius 1 is 1.73 bits per heavy atom. The summed E-state index contributed by atoms with van der Waals surface area (Å²) < 4.78 is 4.81. The minimum atomic E-state index is -0.172. The van der Waals surface area contributed by atoms with E-state index in [1.165, 1.54) is 0 Å². The third-order valence-electron chi connectivity index (χ3n) is 1.92. The monoisotopic (exact) mass is 274 g/mol. The molecule has 1 aromatic heterocycles. The van der Waals surface area contributed by atoms with Crippen molar-refractivity contribution in [2.45, 2.75) is 31.5 Å². The van der Waals surface area contributed by atoms with Crippen LogP contribution in [0, 0.1) is 6.92 Å². The number of carbonyl (C=O) groups is 1. The van der Waals surface area contributed by atoms with Crippen molar-refractivity contribution in [3.05, 3.63) is 17.5 Å². The molecule has 1 amide bonds. The Labute approximate surface area is 97.5 Å². The molecule has 0 aromatic carbocycles. The number of hydrogen-bond donors (Lipinski definition) is 1. The van der Waals surface area contributed by atoms with Crippen LogP contribution in [0.1, 0.15) is 36.0 Å². The fourth-order valence-electron chi connectivity index (χ4n) is 1.15. The molecular formula is C10H15BrN2O2. The summed E-state index contributed by atoms with van der Waals surface area (Å²) in [7, 11) is 0. The Hall–Kier alpha value is -0.840. The molecule has 0 saturated heterocycles. The van der Waals surface area contributed by atoms with Crippen LogP contribution in [-0.2, 0) is 0 Å². The molecule has 0 bridgehead atoms. The number of aromatic nitrogens is 1. The Balaban J connectivity index is 2.25. The second-order valence-corrected chi connectivity index (χ2v) is 5.06. The van der Waals surface area contributed by atoms with Gasteiger partial charge in [0.15, 0.2) is 5.69 Å². The first-order valence-corrected chi connectivity index (χ1v) is 5.86. The van der Waals surface area contributed by atoms with Crippen molar-refractivity contribution in [1.29, 1.82) is 0 Å². The van der Waals surface area contributed by atoms with Crippen LogP contribution in [0.15, 0.2) is 10.6 Å². The SMILES string of the molecule is Cc1cc(C(=O)NCCCC(C)Br)no1. The molecule has 1 heterocycles. The van der Waals surface area contributed by atoms with Gasteiger partial charge in [0.2, 0.25) is 0 Å². The van der Waals surface area contributed by atoms with Gasteiger partial charge >= 0.3 is 0 Å². The zero-order chi connectivity index (χ0) is 11.3. The first kappa shape index (κ1) is 12.2. The second-order valence-electron chi connectivity index (χ2n) is 3.50. The Bertz CT molecular complexity index is 323. The Morgan fingerprint density at radius 3 is 3.00 bits per heavy atom. The second kappa shape index (κ2) is 5.90. The zero-order valence-electron chi connectivity index (χ0n) is 8.92. The molecule has 84 valence electrons. The van der Waals surface area contributed by atoms with E-state index in [1.807, 2.05) is 0 Å². The van der Waals surface area contributed by atoms with Gasteiger partial charge in [0.1, 0.15) is 5.76 Å². The number of carbonyl (C=O) groups excluding carboxylic acids is 1. The predicted molar refractivity (Wildman–Crippen MR) is 61.2 cm³/mol. The molecule has 0 fully saturated rings. The minimum Gasteiger partial charge on any atom is -0.361 e. The smallest absolute Gasteiger partial charge is 0.273 e. The highest BCUT2D eigenvalue weighted by molar-refractivity contribution is 9.09. The summed E-state index contributed by atoms with van der Waals surface area (Å²) in [5.74, 6) is 0.475. The Morgan fingerprint density at radius 2 is 2.47 bits per heavy atom. The number of nitrogens with zero attached hydrogens (tertiary/aromatic N) is 1. The van der Waals surface area contributed by atoms with Crippen LogP contribution < -0.4 is 5.32 Å². The van der Waals surface area contributed by atoms with Crippen molar-refractivity contribution >= 4 is 21.8 Å². The summed E-state index contributed by atoms with van der Waals surface area (Å²) in [6.45, 7) is 4.51. The van der Waals surface area contributed by atoms with E-state index in [0.29, 0.717) is 22.8 Å². The molecule has 5 heteroatoms. The molecule has 0 aliphatic heterocycles. The van der Waals surface area contributed by atoms with Gasteiger partial charge < -0.3 is 9.84 Å². The van der Waals surface area contributed by atoms with Crippen LogP contribution >= 0.6 is 15.9 Å². The maximum atomic E-state index is 11.5. The maximum Gasteiger partial charge on any atom is 0.273 e. The van der Waals surface area contributed by atoms with E-state index in [9.17, 15) is 4.79 Å². The third-order valence-corrected chi connectivity index (χ3v) is 2.38. The lowest BCUT2D eigenvalue weighted by Crippen LogP contribution is -2.25. The van der Waals surface area contributed by atoms with Gasteiger partial charge in [0.25, 0.3) is 5.91 Å². The fourth-order valence-corrected chi connectivity index (χ4v) is 1.47. The molecule has 0 radical (unpaired) electrons. The van der Waals surface area contributed by atoms with Gasteiger partial charge in [-0.25, -0.2) is 0 Å². The maximum absolute atomic E-state index is 11.5. The average molecular weight is 275 g/mol. The molecule has 0 aliphatic rings. The number of hydrogen-bond acceptors (Lipinski definition) is 3. The van der Waals surface area contributed by atoms with E-state index in [2.05, 4.69) is 33.3 Å². The third kappa shape index (κ3) is 4.46. The predicted octanol–water partition coefficient (Wildman–Crippen LogP) is 2.28. The molecule has 1 atom stereocenters. The molecule has 0 aliphatic carbocycles. The minimum absolute atomic E-state index is 0.172. The van der Waals surface area contributed by atoms with Crippen LogP contribution in [0.4, 0.5) is 0 Å². The van der Waals surface area contributed by atoms with Crippen LogP contribution in [0.3, 0.4) is 0 Å². The molecule has 0 spiro atoms. The topological polar surface area (TPSA) is 55.1 Å². The summed E-state index contributed by atoms with van der Waals surface area (Å²) in [6, 6.07) is 1.63. The van der Waals surface area contributed by atoms with Crippen molar-refractivity contribution in [1.82, 2.24) is 10.5 Å². The molecule has 1 unspecified atom stereocenters. The zero-order valence-corrected chi connectivity index (χ0v) is 10.5. The van der Waals surface area contributed by atoms with Crippen molar-refractivity contribution in [2.75, 3.05) is 6.54 Å². The average Bonchev–Trinajstić information content (AvgIpc) is 2.59. The summed E-state index contributed by atoms with van der Waals surface area (Å²) in [4.78, 5) is 11.9. The lowest BCUT2D eigenvalue weighted by atomic mass is 10.2. The van der Waals surface area contributed by atoms with Crippen molar-refractivity contribution in [3.63, 3.8) is 0 Å². The first-order chi connectivity index (χ1) is 7.09. The standard InChI is InChI=1S/C10H15BrN2O2/c1-7(11)4-3-5-12-10(14)9-6-8(2)15-13-9/h6-7H,3-5H2,1-2H3,(H,12,14). The molecule has 1 rings (SSSR count). The van der Waals surface area contributed by atoms with E-state index in [-0.39, 0.29) is 5.91 Å². The molecular weight excluding hydrogens is 260 g/mol. The Kier molecular flexibility index (Phi) is 4.81. The number of amides is 1. The van der Waals surface area contributed by atoms with Crippen molar-refractivity contribution < 1.29 is 9.32 Å². The fraction of sp³-hybridized carbons (Fsp3) is 0.600. The van der Waals surface area contributed by atoms with Crippen LogP contribution in [-0.4, -0.2) is 22.4 Å². The van der Waals surface area contributed by atoms with E-state index < -0.39 is 0 Å². The van der Waals surface area contributed by atoms with Gasteiger partial charge in [-0.3, -0.25) is 4.79 Å². The van der Waals surface area contributed by atoms with E-state index in [1.54, 1.807) is 13.0 Å². The normalized spacial score (nSPS) is 12.5. The van der Waals surface area contributed by atoms with Gasteiger partial charge in [-0.15, -0.1) is 0 Å². The van der Waals surface area contributed by atoms with E-state index >= 15 is 0 Å². The van der Waals surface area contributed by atoms with Gasteiger partial charge in [-0.05, 0) is 19.8 Å². The number of rotatable bonds is 5. The molecule has 4 nitrogen and oxygen atoms in total. The van der Waals surface area contributed by atoms with E-state index in [4.69, 9.17) is 4.52 Å². The van der Waals surface area contributed by atoms with Crippen LogP contribution in [0.2, 0.25) is 0 Å². The summed E-state index contributed by atoms with van der Waals surface area (Å²) >= 11 is 3.45. The van der Waals surface area contributed by atoms with Crippen molar-refractivity contribution in [3.8, 4) is 0 Å². The van der Waals surface area contributed by atoms with Gasteiger partial charge in [0, 0.05) is 17.4 Å². The van der Waals surface area contributed by atoms with Gasteiger partial charge in [-0.2, -0.15) is 0 Å². The lowest BCUT2D eigenvalue weighted by Gasteiger charge is -2.03. The highest BCUT2D eigenvalue weighted by Crippen LogP contribution is 2.05. The molecule has 0 saturated carbocycles. The molecule has 1 N–H and O–H groups in total.